The Morgan fingerprint density at radius 3 is 2.45 bits per heavy atom. The summed E-state index contributed by atoms with van der Waals surface area (Å²) in [7, 11) is 0. The third kappa shape index (κ3) is 6.33. The highest BCUT2D eigenvalue weighted by atomic mass is 16.5. The molecule has 0 unspecified atom stereocenters. The molecule has 0 heterocycles. The topological polar surface area (TPSA) is 81.4 Å². The van der Waals surface area contributed by atoms with Crippen molar-refractivity contribution in [3.05, 3.63) is 35.9 Å². The summed E-state index contributed by atoms with van der Waals surface area (Å²) in [5.41, 5.74) is 6.28. The van der Waals surface area contributed by atoms with E-state index in [0.29, 0.717) is 13.0 Å². The zero-order valence-electron chi connectivity index (χ0n) is 12.0. The standard InChI is InChI=1S/C15H22N2O3/c1-11(2)20-9-8-14(18)17-13(15(16)19)10-12-6-4-3-5-7-12/h3-7,11,13H,8-10H2,1-2H3,(H2,16,19)(H,17,18)/t13-/m1/s1. The number of benzene rings is 1. The van der Waals surface area contributed by atoms with Crippen LogP contribution in [0.3, 0.4) is 0 Å². The minimum Gasteiger partial charge on any atom is -0.378 e. The largest absolute Gasteiger partial charge is 0.378 e. The number of carbonyl (C=O) groups excluding carboxylic acids is 2. The summed E-state index contributed by atoms with van der Waals surface area (Å²) >= 11 is 0. The number of nitrogens with one attached hydrogen (secondary N) is 1. The molecule has 0 aliphatic carbocycles. The minimum atomic E-state index is -0.691. The van der Waals surface area contributed by atoms with Gasteiger partial charge in [-0.3, -0.25) is 9.59 Å². The zero-order chi connectivity index (χ0) is 15.0. The van der Waals surface area contributed by atoms with E-state index in [9.17, 15) is 9.59 Å². The van der Waals surface area contributed by atoms with Crippen LogP contribution in [-0.4, -0.2) is 30.6 Å². The van der Waals surface area contributed by atoms with Crippen LogP contribution in [0.4, 0.5) is 0 Å². The predicted molar refractivity (Wildman–Crippen MR) is 77.0 cm³/mol. The van der Waals surface area contributed by atoms with E-state index in [0.717, 1.165) is 5.56 Å². The molecule has 5 nitrogen and oxygen atoms in total. The molecule has 1 aromatic carbocycles. The first kappa shape index (κ1) is 16.2. The maximum absolute atomic E-state index is 11.7. The van der Waals surface area contributed by atoms with Gasteiger partial charge in [-0.25, -0.2) is 0 Å². The molecule has 0 aliphatic heterocycles. The van der Waals surface area contributed by atoms with Crippen molar-refractivity contribution in [1.29, 1.82) is 0 Å². The van der Waals surface area contributed by atoms with Gasteiger partial charge in [-0.2, -0.15) is 0 Å². The van der Waals surface area contributed by atoms with E-state index in [-0.39, 0.29) is 18.4 Å². The first-order valence-corrected chi connectivity index (χ1v) is 6.73. The first-order valence-electron chi connectivity index (χ1n) is 6.73. The Bertz CT molecular complexity index is 432. The molecule has 1 aromatic rings. The molecule has 0 fully saturated rings. The third-order valence-corrected chi connectivity index (χ3v) is 2.74. The van der Waals surface area contributed by atoms with Gasteiger partial charge in [0.05, 0.1) is 12.7 Å². The average molecular weight is 278 g/mol. The van der Waals surface area contributed by atoms with Crippen molar-refractivity contribution in [2.45, 2.75) is 38.8 Å². The number of primary amides is 1. The van der Waals surface area contributed by atoms with Crippen LogP contribution in [0.2, 0.25) is 0 Å². The molecule has 0 aliphatic rings. The van der Waals surface area contributed by atoms with E-state index < -0.39 is 11.9 Å². The maximum Gasteiger partial charge on any atom is 0.240 e. The molecule has 0 saturated heterocycles. The molecular weight excluding hydrogens is 256 g/mol. The second-order valence-corrected chi connectivity index (χ2v) is 4.88. The van der Waals surface area contributed by atoms with Crippen LogP contribution in [0.1, 0.15) is 25.8 Å². The molecule has 0 bridgehead atoms. The van der Waals surface area contributed by atoms with Crippen LogP contribution in [-0.2, 0) is 20.7 Å². The van der Waals surface area contributed by atoms with Crippen LogP contribution in [0.15, 0.2) is 30.3 Å². The molecule has 5 heteroatoms. The third-order valence-electron chi connectivity index (χ3n) is 2.74. The lowest BCUT2D eigenvalue weighted by Gasteiger charge is -2.16. The monoisotopic (exact) mass is 278 g/mol. The summed E-state index contributed by atoms with van der Waals surface area (Å²) in [6, 6.07) is 8.75. The molecule has 2 amide bonds. The Labute approximate surface area is 119 Å². The number of hydrogen-bond acceptors (Lipinski definition) is 3. The lowest BCUT2D eigenvalue weighted by molar-refractivity contribution is -0.128. The van der Waals surface area contributed by atoms with Gasteiger partial charge in [-0.1, -0.05) is 30.3 Å². The van der Waals surface area contributed by atoms with Crippen molar-refractivity contribution in [1.82, 2.24) is 5.32 Å². The van der Waals surface area contributed by atoms with Gasteiger partial charge in [-0.15, -0.1) is 0 Å². The van der Waals surface area contributed by atoms with Crippen LogP contribution in [0.5, 0.6) is 0 Å². The average Bonchev–Trinajstić information content (AvgIpc) is 2.38. The summed E-state index contributed by atoms with van der Waals surface area (Å²) in [5, 5.41) is 2.65. The lowest BCUT2D eigenvalue weighted by Crippen LogP contribution is -2.46. The van der Waals surface area contributed by atoms with Crippen molar-refractivity contribution in [3.63, 3.8) is 0 Å². The Hall–Kier alpha value is -1.88. The highest BCUT2D eigenvalue weighted by molar-refractivity contribution is 5.86. The fraction of sp³-hybridized carbons (Fsp3) is 0.467. The van der Waals surface area contributed by atoms with Crippen LogP contribution < -0.4 is 11.1 Å². The maximum atomic E-state index is 11.7. The van der Waals surface area contributed by atoms with Gasteiger partial charge in [-0.05, 0) is 19.4 Å². The molecule has 0 radical (unpaired) electrons. The molecule has 3 N–H and O–H groups in total. The Balaban J connectivity index is 2.47. The Morgan fingerprint density at radius 1 is 1.25 bits per heavy atom. The lowest BCUT2D eigenvalue weighted by atomic mass is 10.1. The summed E-state index contributed by atoms with van der Waals surface area (Å²) in [4.78, 5) is 23.1. The van der Waals surface area contributed by atoms with Gasteiger partial charge >= 0.3 is 0 Å². The summed E-state index contributed by atoms with van der Waals surface area (Å²) in [5.74, 6) is -0.766. The highest BCUT2D eigenvalue weighted by Crippen LogP contribution is 2.03. The molecule has 0 saturated carbocycles. The fourth-order valence-electron chi connectivity index (χ4n) is 1.73. The SMILES string of the molecule is CC(C)OCCC(=O)N[C@H](Cc1ccccc1)C(N)=O. The van der Waals surface area contributed by atoms with Gasteiger partial charge in [0.1, 0.15) is 6.04 Å². The molecule has 110 valence electrons. The fourth-order valence-corrected chi connectivity index (χ4v) is 1.73. The molecule has 1 atom stereocenters. The molecule has 0 spiro atoms. The number of nitrogens with two attached hydrogens (primary N) is 1. The van der Waals surface area contributed by atoms with Gasteiger partial charge in [0.25, 0.3) is 0 Å². The van der Waals surface area contributed by atoms with Gasteiger partial charge in [0.15, 0.2) is 0 Å². The van der Waals surface area contributed by atoms with E-state index >= 15 is 0 Å². The minimum absolute atomic E-state index is 0.0825. The summed E-state index contributed by atoms with van der Waals surface area (Å²) in [6.45, 7) is 4.14. The summed E-state index contributed by atoms with van der Waals surface area (Å²) < 4.78 is 5.30. The number of rotatable bonds is 8. The van der Waals surface area contributed by atoms with E-state index in [1.165, 1.54) is 0 Å². The van der Waals surface area contributed by atoms with Crippen LogP contribution in [0, 0.1) is 0 Å². The number of hydrogen-bond donors (Lipinski definition) is 2. The van der Waals surface area contributed by atoms with Gasteiger partial charge < -0.3 is 15.8 Å². The van der Waals surface area contributed by atoms with Crippen molar-refractivity contribution in [3.8, 4) is 0 Å². The first-order chi connectivity index (χ1) is 9.49. The number of ether oxygens (including phenoxy) is 1. The van der Waals surface area contributed by atoms with Crippen LogP contribution in [0.25, 0.3) is 0 Å². The molecule has 0 aromatic heterocycles. The predicted octanol–water partition coefficient (Wildman–Crippen LogP) is 1.01. The van der Waals surface area contributed by atoms with E-state index in [4.69, 9.17) is 10.5 Å². The van der Waals surface area contributed by atoms with Gasteiger partial charge in [0.2, 0.25) is 11.8 Å². The van der Waals surface area contributed by atoms with E-state index in [1.807, 2.05) is 44.2 Å². The summed E-state index contributed by atoms with van der Waals surface area (Å²) in [6.07, 6.45) is 0.697. The molecule has 1 rings (SSSR count). The van der Waals surface area contributed by atoms with Crippen molar-refractivity contribution < 1.29 is 14.3 Å². The molecule has 20 heavy (non-hydrogen) atoms. The van der Waals surface area contributed by atoms with E-state index in [2.05, 4.69) is 5.32 Å². The highest BCUT2D eigenvalue weighted by Gasteiger charge is 2.18. The smallest absolute Gasteiger partial charge is 0.240 e. The van der Waals surface area contributed by atoms with Crippen LogP contribution >= 0.6 is 0 Å². The zero-order valence-corrected chi connectivity index (χ0v) is 12.0. The number of amides is 2. The normalized spacial score (nSPS) is 12.2. The second kappa shape index (κ2) is 8.32. The molecular formula is C15H22N2O3. The van der Waals surface area contributed by atoms with Crippen molar-refractivity contribution in [2.24, 2.45) is 5.73 Å². The Morgan fingerprint density at radius 2 is 1.90 bits per heavy atom. The van der Waals surface area contributed by atoms with Crippen molar-refractivity contribution >= 4 is 11.8 Å². The number of carbonyl (C=O) groups is 2. The second-order valence-electron chi connectivity index (χ2n) is 4.88. The quantitative estimate of drug-likeness (QED) is 0.744. The Kier molecular flexibility index (Phi) is 6.73. The van der Waals surface area contributed by atoms with Gasteiger partial charge in [0, 0.05) is 12.8 Å². The van der Waals surface area contributed by atoms with E-state index in [1.54, 1.807) is 0 Å². The van der Waals surface area contributed by atoms with Crippen molar-refractivity contribution in [2.75, 3.05) is 6.61 Å².